The summed E-state index contributed by atoms with van der Waals surface area (Å²) in [5.74, 6) is 0. The lowest BCUT2D eigenvalue weighted by Crippen LogP contribution is -2.34. The van der Waals surface area contributed by atoms with Crippen molar-refractivity contribution < 1.29 is 8.42 Å². The van der Waals surface area contributed by atoms with Gasteiger partial charge in [-0.2, -0.15) is 5.10 Å². The SMILES string of the molecule is Cc1nn(C)c(C)c1S(=O)(=O)NCC(C)(C)CCCN. The number of nitrogens with one attached hydrogen (secondary N) is 1. The van der Waals surface area contributed by atoms with Crippen molar-refractivity contribution in [3.8, 4) is 0 Å². The van der Waals surface area contributed by atoms with Gasteiger partial charge in [-0.3, -0.25) is 4.68 Å². The Labute approximate surface area is 121 Å². The van der Waals surface area contributed by atoms with E-state index in [1.807, 2.05) is 13.8 Å². The Morgan fingerprint density at radius 1 is 1.35 bits per heavy atom. The molecule has 0 amide bonds. The number of rotatable bonds is 7. The molecule has 0 bridgehead atoms. The lowest BCUT2D eigenvalue weighted by atomic mass is 9.88. The third-order valence-corrected chi connectivity index (χ3v) is 5.16. The maximum Gasteiger partial charge on any atom is 0.244 e. The molecule has 7 heteroatoms. The molecule has 0 saturated carbocycles. The van der Waals surface area contributed by atoms with Gasteiger partial charge in [0.15, 0.2) is 0 Å². The Morgan fingerprint density at radius 3 is 2.40 bits per heavy atom. The highest BCUT2D eigenvalue weighted by Gasteiger charge is 2.26. The smallest absolute Gasteiger partial charge is 0.244 e. The number of hydrogen-bond acceptors (Lipinski definition) is 4. The first-order chi connectivity index (χ1) is 9.10. The predicted octanol–water partition coefficient (Wildman–Crippen LogP) is 1.08. The van der Waals surface area contributed by atoms with Crippen LogP contribution in [0.1, 0.15) is 38.1 Å². The maximum absolute atomic E-state index is 12.4. The molecular weight excluding hydrogens is 276 g/mol. The highest BCUT2D eigenvalue weighted by Crippen LogP contribution is 2.23. The van der Waals surface area contributed by atoms with Crippen molar-refractivity contribution in [2.75, 3.05) is 13.1 Å². The van der Waals surface area contributed by atoms with Gasteiger partial charge in [0.25, 0.3) is 0 Å². The van der Waals surface area contributed by atoms with Crippen LogP contribution >= 0.6 is 0 Å². The van der Waals surface area contributed by atoms with E-state index in [-0.39, 0.29) is 10.3 Å². The minimum absolute atomic E-state index is 0.115. The first kappa shape index (κ1) is 17.1. The molecule has 1 aromatic rings. The summed E-state index contributed by atoms with van der Waals surface area (Å²) in [6.45, 7) is 8.55. The van der Waals surface area contributed by atoms with Crippen LogP contribution in [-0.2, 0) is 17.1 Å². The number of aromatic nitrogens is 2. The van der Waals surface area contributed by atoms with Crippen LogP contribution in [0.25, 0.3) is 0 Å². The van der Waals surface area contributed by atoms with E-state index in [2.05, 4.69) is 9.82 Å². The van der Waals surface area contributed by atoms with Gasteiger partial charge in [0.2, 0.25) is 10.0 Å². The van der Waals surface area contributed by atoms with Gasteiger partial charge >= 0.3 is 0 Å². The molecule has 1 rings (SSSR count). The van der Waals surface area contributed by atoms with Gasteiger partial charge in [0.05, 0.1) is 11.4 Å². The Balaban J connectivity index is 2.86. The van der Waals surface area contributed by atoms with E-state index >= 15 is 0 Å². The Hall–Kier alpha value is -0.920. The summed E-state index contributed by atoms with van der Waals surface area (Å²) >= 11 is 0. The minimum Gasteiger partial charge on any atom is -0.330 e. The summed E-state index contributed by atoms with van der Waals surface area (Å²) in [6, 6.07) is 0. The Morgan fingerprint density at radius 2 is 1.95 bits per heavy atom. The summed E-state index contributed by atoms with van der Waals surface area (Å²) in [4.78, 5) is 0.287. The molecule has 1 heterocycles. The monoisotopic (exact) mass is 302 g/mol. The van der Waals surface area contributed by atoms with Crippen molar-refractivity contribution in [3.05, 3.63) is 11.4 Å². The minimum atomic E-state index is -3.52. The molecular formula is C13H26N4O2S. The topological polar surface area (TPSA) is 90.0 Å². The second-order valence-electron chi connectivity index (χ2n) is 6.00. The van der Waals surface area contributed by atoms with Crippen LogP contribution in [0, 0.1) is 19.3 Å². The van der Waals surface area contributed by atoms with Gasteiger partial charge in [-0.05, 0) is 38.6 Å². The maximum atomic E-state index is 12.4. The molecule has 0 unspecified atom stereocenters. The molecule has 20 heavy (non-hydrogen) atoms. The standard InChI is InChI=1S/C13H26N4O2S/c1-10-12(11(2)17(5)16-10)20(18,19)15-9-13(3,4)7-6-8-14/h15H,6-9,14H2,1-5H3. The summed E-state index contributed by atoms with van der Waals surface area (Å²) in [7, 11) is -1.78. The molecule has 0 aliphatic carbocycles. The van der Waals surface area contributed by atoms with E-state index < -0.39 is 10.0 Å². The fourth-order valence-electron chi connectivity index (χ4n) is 2.17. The zero-order valence-electron chi connectivity index (χ0n) is 13.0. The molecule has 3 N–H and O–H groups in total. The van der Waals surface area contributed by atoms with E-state index in [1.165, 1.54) is 0 Å². The zero-order valence-corrected chi connectivity index (χ0v) is 13.8. The van der Waals surface area contributed by atoms with Crippen molar-refractivity contribution in [2.45, 2.75) is 45.4 Å². The lowest BCUT2D eigenvalue weighted by Gasteiger charge is -2.24. The van der Waals surface area contributed by atoms with Crippen molar-refractivity contribution in [3.63, 3.8) is 0 Å². The molecule has 0 aliphatic rings. The normalized spacial score (nSPS) is 12.9. The summed E-state index contributed by atoms with van der Waals surface area (Å²) < 4.78 is 29.1. The summed E-state index contributed by atoms with van der Waals surface area (Å²) in [6.07, 6.45) is 1.77. The average molecular weight is 302 g/mol. The first-order valence-corrected chi connectivity index (χ1v) is 8.29. The van der Waals surface area contributed by atoms with Gasteiger partial charge in [-0.1, -0.05) is 13.8 Å². The third-order valence-electron chi connectivity index (χ3n) is 3.51. The number of hydrogen-bond donors (Lipinski definition) is 2. The molecule has 0 spiro atoms. The molecule has 0 radical (unpaired) electrons. The molecule has 0 atom stereocenters. The molecule has 6 nitrogen and oxygen atoms in total. The second-order valence-corrected chi connectivity index (χ2v) is 7.71. The van der Waals surface area contributed by atoms with Crippen LogP contribution in [0.2, 0.25) is 0 Å². The fourth-order valence-corrected chi connectivity index (χ4v) is 3.85. The number of nitrogens with zero attached hydrogens (tertiary/aromatic N) is 2. The van der Waals surface area contributed by atoms with Crippen LogP contribution in [-0.4, -0.2) is 31.3 Å². The van der Waals surface area contributed by atoms with Crippen LogP contribution in [0.5, 0.6) is 0 Å². The van der Waals surface area contributed by atoms with Crippen LogP contribution in [0.15, 0.2) is 4.90 Å². The predicted molar refractivity (Wildman–Crippen MR) is 79.9 cm³/mol. The van der Waals surface area contributed by atoms with Gasteiger partial charge in [0, 0.05) is 13.6 Å². The van der Waals surface area contributed by atoms with E-state index in [0.29, 0.717) is 24.5 Å². The van der Waals surface area contributed by atoms with Gasteiger partial charge in [-0.25, -0.2) is 13.1 Å². The quantitative estimate of drug-likeness (QED) is 0.788. The van der Waals surface area contributed by atoms with E-state index in [4.69, 9.17) is 5.73 Å². The molecule has 0 saturated heterocycles. The van der Waals surface area contributed by atoms with E-state index in [0.717, 1.165) is 12.8 Å². The van der Waals surface area contributed by atoms with Crippen LogP contribution in [0.4, 0.5) is 0 Å². The molecule has 0 aliphatic heterocycles. The third kappa shape index (κ3) is 4.04. The van der Waals surface area contributed by atoms with Crippen molar-refractivity contribution >= 4 is 10.0 Å². The Bertz CT molecular complexity index is 561. The van der Waals surface area contributed by atoms with E-state index in [9.17, 15) is 8.42 Å². The largest absolute Gasteiger partial charge is 0.330 e. The van der Waals surface area contributed by atoms with Crippen molar-refractivity contribution in [1.29, 1.82) is 0 Å². The second kappa shape index (κ2) is 6.24. The lowest BCUT2D eigenvalue weighted by molar-refractivity contribution is 0.327. The summed E-state index contributed by atoms with van der Waals surface area (Å²) in [5.41, 5.74) is 6.56. The average Bonchev–Trinajstić information content (AvgIpc) is 2.59. The molecule has 1 aromatic heterocycles. The molecule has 0 aromatic carbocycles. The highest BCUT2D eigenvalue weighted by atomic mass is 32.2. The van der Waals surface area contributed by atoms with Crippen LogP contribution in [0.3, 0.4) is 0 Å². The fraction of sp³-hybridized carbons (Fsp3) is 0.769. The van der Waals surface area contributed by atoms with Gasteiger partial charge in [0.1, 0.15) is 4.90 Å². The van der Waals surface area contributed by atoms with Crippen molar-refractivity contribution in [2.24, 2.45) is 18.2 Å². The number of sulfonamides is 1. The van der Waals surface area contributed by atoms with Gasteiger partial charge < -0.3 is 5.73 Å². The number of aryl methyl sites for hydroxylation is 2. The summed E-state index contributed by atoms with van der Waals surface area (Å²) in [5, 5.41) is 4.15. The van der Waals surface area contributed by atoms with Crippen molar-refractivity contribution in [1.82, 2.24) is 14.5 Å². The Kier molecular flexibility index (Phi) is 5.34. The molecule has 116 valence electrons. The van der Waals surface area contributed by atoms with Gasteiger partial charge in [-0.15, -0.1) is 0 Å². The number of nitrogens with two attached hydrogens (primary N) is 1. The zero-order chi connectivity index (χ0) is 15.6. The van der Waals surface area contributed by atoms with Crippen LogP contribution < -0.4 is 10.5 Å². The van der Waals surface area contributed by atoms with E-state index in [1.54, 1.807) is 25.6 Å². The highest BCUT2D eigenvalue weighted by molar-refractivity contribution is 7.89. The first-order valence-electron chi connectivity index (χ1n) is 6.80. The molecule has 0 fully saturated rings.